The Balaban J connectivity index is 1.87. The van der Waals surface area contributed by atoms with E-state index in [1.54, 1.807) is 12.1 Å². The van der Waals surface area contributed by atoms with Crippen molar-refractivity contribution < 1.29 is 14.6 Å². The average Bonchev–Trinajstić information content (AvgIpc) is 3.06. The quantitative estimate of drug-likeness (QED) is 0.564. The third kappa shape index (κ3) is 4.53. The van der Waals surface area contributed by atoms with E-state index in [0.29, 0.717) is 11.3 Å². The number of aliphatic hydroxyl groups is 1. The number of ether oxygens (including phenoxy) is 1. The molecule has 1 aromatic heterocycles. The van der Waals surface area contributed by atoms with Crippen LogP contribution >= 0.6 is 27.3 Å². The Bertz CT molecular complexity index is 607. The topological polar surface area (TPSA) is 46.5 Å². The Morgan fingerprint density at radius 1 is 1.36 bits per heavy atom. The minimum atomic E-state index is -0.661. The van der Waals surface area contributed by atoms with Gasteiger partial charge in [0.2, 0.25) is 0 Å². The lowest BCUT2D eigenvalue weighted by Crippen LogP contribution is -2.14. The van der Waals surface area contributed by atoms with Gasteiger partial charge in [0.15, 0.2) is 0 Å². The van der Waals surface area contributed by atoms with Crippen LogP contribution in [0.2, 0.25) is 0 Å². The zero-order valence-electron chi connectivity index (χ0n) is 11.9. The Labute approximate surface area is 142 Å². The average molecular weight is 381 g/mol. The summed E-state index contributed by atoms with van der Waals surface area (Å²) < 4.78 is 6.19. The highest BCUT2D eigenvalue weighted by molar-refractivity contribution is 9.10. The number of rotatable bonds is 7. The van der Waals surface area contributed by atoms with Crippen LogP contribution in [0.3, 0.4) is 0 Å². The van der Waals surface area contributed by atoms with Crippen LogP contribution in [0.5, 0.6) is 0 Å². The lowest BCUT2D eigenvalue weighted by molar-refractivity contribution is 0.0447. The molecule has 1 heterocycles. The van der Waals surface area contributed by atoms with E-state index in [1.165, 1.54) is 11.3 Å². The van der Waals surface area contributed by atoms with Crippen LogP contribution < -0.4 is 0 Å². The molecule has 0 amide bonds. The maximum absolute atomic E-state index is 11.7. The van der Waals surface area contributed by atoms with Crippen molar-refractivity contribution in [3.05, 3.63) is 69.3 Å². The molecule has 1 aromatic carbocycles. The van der Waals surface area contributed by atoms with E-state index >= 15 is 0 Å². The monoisotopic (exact) mass is 380 g/mol. The molecule has 0 saturated carbocycles. The highest BCUT2D eigenvalue weighted by atomic mass is 79.9. The predicted molar refractivity (Wildman–Crippen MR) is 92.0 cm³/mol. The van der Waals surface area contributed by atoms with Crippen molar-refractivity contribution in [2.75, 3.05) is 6.61 Å². The number of aliphatic hydroxyl groups excluding tert-OH is 1. The van der Waals surface area contributed by atoms with Crippen LogP contribution in [0.25, 0.3) is 0 Å². The number of benzene rings is 1. The molecule has 3 nitrogen and oxygen atoms in total. The van der Waals surface area contributed by atoms with Gasteiger partial charge < -0.3 is 9.84 Å². The molecule has 0 radical (unpaired) electrons. The molecule has 0 aliphatic rings. The van der Waals surface area contributed by atoms with Crippen molar-refractivity contribution in [1.29, 1.82) is 0 Å². The zero-order chi connectivity index (χ0) is 15.9. The van der Waals surface area contributed by atoms with Gasteiger partial charge in [-0.3, -0.25) is 0 Å². The maximum Gasteiger partial charge on any atom is 0.348 e. The second kappa shape index (κ2) is 8.27. The van der Waals surface area contributed by atoms with Crippen molar-refractivity contribution in [2.45, 2.75) is 12.5 Å². The zero-order valence-corrected chi connectivity index (χ0v) is 14.3. The first-order valence-corrected chi connectivity index (χ1v) is 8.56. The number of esters is 1. The number of thiophene rings is 1. The van der Waals surface area contributed by atoms with Gasteiger partial charge in [-0.1, -0.05) is 40.2 Å². The summed E-state index contributed by atoms with van der Waals surface area (Å²) in [5, 5.41) is 12.2. The van der Waals surface area contributed by atoms with E-state index in [-0.39, 0.29) is 18.5 Å². The van der Waals surface area contributed by atoms with E-state index in [1.807, 2.05) is 35.7 Å². The fourth-order valence-corrected chi connectivity index (χ4v) is 2.95. The number of halogens is 1. The van der Waals surface area contributed by atoms with E-state index < -0.39 is 6.10 Å². The molecule has 5 heteroatoms. The van der Waals surface area contributed by atoms with Gasteiger partial charge in [0.05, 0.1) is 12.7 Å². The van der Waals surface area contributed by atoms with Crippen LogP contribution in [0.4, 0.5) is 0 Å². The molecule has 1 N–H and O–H groups in total. The molecule has 2 aromatic rings. The normalized spacial score (nSPS) is 13.4. The molecule has 2 atom stereocenters. The van der Waals surface area contributed by atoms with Gasteiger partial charge in [0.1, 0.15) is 4.88 Å². The smallest absolute Gasteiger partial charge is 0.348 e. The molecular weight excluding hydrogens is 364 g/mol. The van der Waals surface area contributed by atoms with E-state index in [4.69, 9.17) is 4.74 Å². The molecule has 0 fully saturated rings. The molecule has 0 saturated heterocycles. The summed E-state index contributed by atoms with van der Waals surface area (Å²) in [4.78, 5) is 12.3. The second-order valence-electron chi connectivity index (χ2n) is 4.80. The van der Waals surface area contributed by atoms with Crippen LogP contribution in [0.15, 0.2) is 58.9 Å². The fraction of sp³-hybridized carbons (Fsp3) is 0.235. The first kappa shape index (κ1) is 16.9. The molecular formula is C17H17BrO3S. The lowest BCUT2D eigenvalue weighted by atomic mass is 9.93. The minimum Gasteiger partial charge on any atom is -0.461 e. The summed E-state index contributed by atoms with van der Waals surface area (Å²) in [6, 6.07) is 11.0. The molecule has 22 heavy (non-hydrogen) atoms. The van der Waals surface area contributed by atoms with Gasteiger partial charge in [0, 0.05) is 10.4 Å². The highest BCUT2D eigenvalue weighted by Crippen LogP contribution is 2.27. The Kier molecular flexibility index (Phi) is 6.36. The summed E-state index contributed by atoms with van der Waals surface area (Å²) in [5.74, 6) is -0.492. The van der Waals surface area contributed by atoms with Crippen molar-refractivity contribution in [3.63, 3.8) is 0 Å². The van der Waals surface area contributed by atoms with Gasteiger partial charge in [0.25, 0.3) is 0 Å². The largest absolute Gasteiger partial charge is 0.461 e. The first-order chi connectivity index (χ1) is 10.6. The van der Waals surface area contributed by atoms with Gasteiger partial charge in [-0.2, -0.15) is 0 Å². The molecule has 0 aliphatic heterocycles. The third-order valence-electron chi connectivity index (χ3n) is 3.33. The maximum atomic E-state index is 11.7. The van der Waals surface area contributed by atoms with E-state index in [9.17, 15) is 9.90 Å². The molecule has 0 spiro atoms. The van der Waals surface area contributed by atoms with Crippen molar-refractivity contribution >= 4 is 33.2 Å². The molecule has 116 valence electrons. The Morgan fingerprint density at radius 2 is 2.09 bits per heavy atom. The number of hydrogen-bond acceptors (Lipinski definition) is 4. The van der Waals surface area contributed by atoms with Gasteiger partial charge >= 0.3 is 5.97 Å². The van der Waals surface area contributed by atoms with Gasteiger partial charge in [-0.05, 0) is 35.6 Å². The van der Waals surface area contributed by atoms with E-state index in [2.05, 4.69) is 22.5 Å². The fourth-order valence-electron chi connectivity index (χ4n) is 2.07. The van der Waals surface area contributed by atoms with Crippen LogP contribution in [-0.4, -0.2) is 17.7 Å². The molecule has 0 bridgehead atoms. The summed E-state index contributed by atoms with van der Waals surface area (Å²) in [5.41, 5.74) is 0.817. The van der Waals surface area contributed by atoms with E-state index in [0.717, 1.165) is 10.0 Å². The number of carbonyl (C=O) groups is 1. The Morgan fingerprint density at radius 3 is 2.68 bits per heavy atom. The molecule has 2 unspecified atom stereocenters. The number of carbonyl (C=O) groups excluding carboxylic acids is 1. The third-order valence-corrected chi connectivity index (χ3v) is 4.71. The summed E-state index contributed by atoms with van der Waals surface area (Å²) in [6.45, 7) is 4.02. The molecule has 0 aliphatic carbocycles. The van der Waals surface area contributed by atoms with Crippen LogP contribution in [0, 0.1) is 5.92 Å². The van der Waals surface area contributed by atoms with Gasteiger partial charge in [-0.15, -0.1) is 17.9 Å². The lowest BCUT2D eigenvalue weighted by Gasteiger charge is -2.20. The number of hydrogen-bond donors (Lipinski definition) is 1. The van der Waals surface area contributed by atoms with Crippen LogP contribution in [0.1, 0.15) is 27.8 Å². The van der Waals surface area contributed by atoms with Crippen LogP contribution in [-0.2, 0) is 4.74 Å². The minimum absolute atomic E-state index is 0.169. The van der Waals surface area contributed by atoms with Crippen molar-refractivity contribution in [2.24, 2.45) is 5.92 Å². The standard InChI is InChI=1S/C17H17BrO3S/c1-2-12(16(19)13-5-7-14(18)8-6-13)9-10-21-17(20)15-4-3-11-22-15/h2-8,11-12,16,19H,1,9-10H2. The summed E-state index contributed by atoms with van der Waals surface area (Å²) in [6.07, 6.45) is 1.56. The highest BCUT2D eigenvalue weighted by Gasteiger charge is 2.19. The SMILES string of the molecule is C=CC(CCOC(=O)c1cccs1)C(O)c1ccc(Br)cc1. The summed E-state index contributed by atoms with van der Waals surface area (Å²) in [7, 11) is 0. The first-order valence-electron chi connectivity index (χ1n) is 6.88. The second-order valence-corrected chi connectivity index (χ2v) is 6.66. The van der Waals surface area contributed by atoms with Gasteiger partial charge in [-0.25, -0.2) is 4.79 Å². The predicted octanol–water partition coefficient (Wildman–Crippen LogP) is 4.59. The summed E-state index contributed by atoms with van der Waals surface area (Å²) >= 11 is 4.72. The van der Waals surface area contributed by atoms with Crippen molar-refractivity contribution in [3.8, 4) is 0 Å². The van der Waals surface area contributed by atoms with Crippen molar-refractivity contribution in [1.82, 2.24) is 0 Å². The molecule has 2 rings (SSSR count). The Hall–Kier alpha value is -1.43.